The van der Waals surface area contributed by atoms with Crippen molar-refractivity contribution in [3.8, 4) is 10.6 Å². The lowest BCUT2D eigenvalue weighted by Crippen LogP contribution is -2.05. The smallest absolute Gasteiger partial charge is 0.221 e. The molecule has 2 rings (SSSR count). The van der Waals surface area contributed by atoms with Crippen molar-refractivity contribution in [3.63, 3.8) is 0 Å². The Morgan fingerprint density at radius 2 is 2.11 bits per heavy atom. The lowest BCUT2D eigenvalue weighted by Gasteiger charge is -2.02. The van der Waals surface area contributed by atoms with Crippen molar-refractivity contribution in [2.75, 3.05) is 11.9 Å². The molecular formula is C14H17N3OS. The van der Waals surface area contributed by atoms with E-state index < -0.39 is 0 Å². The normalized spacial score (nSPS) is 10.4. The summed E-state index contributed by atoms with van der Waals surface area (Å²) in [6.07, 6.45) is 1.89. The summed E-state index contributed by atoms with van der Waals surface area (Å²) in [6, 6.07) is 7.71. The van der Waals surface area contributed by atoms with Crippen LogP contribution in [0.2, 0.25) is 0 Å². The molecule has 5 heteroatoms. The number of thiazole rings is 1. The Balaban J connectivity index is 2.09. The lowest BCUT2D eigenvalue weighted by molar-refractivity contribution is -0.114. The number of nitrogens with two attached hydrogens (primary N) is 1. The van der Waals surface area contributed by atoms with E-state index in [1.807, 2.05) is 24.3 Å². The van der Waals surface area contributed by atoms with E-state index in [1.165, 1.54) is 6.92 Å². The van der Waals surface area contributed by atoms with Crippen LogP contribution in [0.15, 0.2) is 29.6 Å². The van der Waals surface area contributed by atoms with E-state index in [1.54, 1.807) is 11.3 Å². The van der Waals surface area contributed by atoms with Crippen molar-refractivity contribution < 1.29 is 4.79 Å². The molecule has 1 aromatic heterocycles. The zero-order chi connectivity index (χ0) is 13.7. The summed E-state index contributed by atoms with van der Waals surface area (Å²) < 4.78 is 0. The first kappa shape index (κ1) is 13.7. The molecule has 0 saturated carbocycles. The van der Waals surface area contributed by atoms with E-state index in [9.17, 15) is 4.79 Å². The van der Waals surface area contributed by atoms with Gasteiger partial charge in [-0.1, -0.05) is 0 Å². The summed E-state index contributed by atoms with van der Waals surface area (Å²) in [5, 5.41) is 5.82. The van der Waals surface area contributed by atoms with Crippen LogP contribution < -0.4 is 11.1 Å². The third kappa shape index (κ3) is 3.87. The first-order valence-corrected chi connectivity index (χ1v) is 7.09. The third-order valence-electron chi connectivity index (χ3n) is 2.64. The first-order valence-electron chi connectivity index (χ1n) is 6.21. The Morgan fingerprint density at radius 1 is 1.37 bits per heavy atom. The van der Waals surface area contributed by atoms with Crippen molar-refractivity contribution in [2.24, 2.45) is 5.73 Å². The van der Waals surface area contributed by atoms with Crippen LogP contribution in [0.3, 0.4) is 0 Å². The minimum Gasteiger partial charge on any atom is -0.330 e. The van der Waals surface area contributed by atoms with E-state index in [-0.39, 0.29) is 5.91 Å². The zero-order valence-corrected chi connectivity index (χ0v) is 11.7. The number of anilines is 1. The topological polar surface area (TPSA) is 68.0 Å². The summed E-state index contributed by atoms with van der Waals surface area (Å²) in [5.74, 6) is -0.0638. The van der Waals surface area contributed by atoms with Crippen LogP contribution in [0.1, 0.15) is 19.0 Å². The predicted octanol–water partition coefficient (Wildman–Crippen LogP) is 2.66. The van der Waals surface area contributed by atoms with Gasteiger partial charge in [-0.25, -0.2) is 4.98 Å². The second-order valence-electron chi connectivity index (χ2n) is 4.29. The average molecular weight is 275 g/mol. The molecule has 0 saturated heterocycles. The lowest BCUT2D eigenvalue weighted by atomic mass is 10.2. The van der Waals surface area contributed by atoms with E-state index >= 15 is 0 Å². The van der Waals surface area contributed by atoms with Crippen molar-refractivity contribution in [3.05, 3.63) is 35.3 Å². The van der Waals surface area contributed by atoms with Gasteiger partial charge >= 0.3 is 0 Å². The number of carbonyl (C=O) groups excluding carboxylic acids is 1. The molecule has 0 unspecified atom stereocenters. The number of nitrogens with one attached hydrogen (secondary N) is 1. The van der Waals surface area contributed by atoms with Gasteiger partial charge in [0, 0.05) is 23.6 Å². The number of carbonyl (C=O) groups is 1. The zero-order valence-electron chi connectivity index (χ0n) is 10.8. The van der Waals surface area contributed by atoms with Crippen LogP contribution in [0, 0.1) is 0 Å². The molecule has 19 heavy (non-hydrogen) atoms. The molecule has 0 aliphatic carbocycles. The number of aryl methyl sites for hydroxylation is 1. The van der Waals surface area contributed by atoms with Crippen LogP contribution in [0.5, 0.6) is 0 Å². The Labute approximate surface area is 116 Å². The second-order valence-corrected chi connectivity index (χ2v) is 5.15. The predicted molar refractivity (Wildman–Crippen MR) is 79.2 cm³/mol. The number of hydrogen-bond acceptors (Lipinski definition) is 4. The van der Waals surface area contributed by atoms with Gasteiger partial charge in [0.25, 0.3) is 0 Å². The van der Waals surface area contributed by atoms with Gasteiger partial charge in [-0.05, 0) is 43.7 Å². The molecule has 0 atom stereocenters. The largest absolute Gasteiger partial charge is 0.330 e. The maximum atomic E-state index is 10.9. The van der Waals surface area contributed by atoms with Crippen LogP contribution in [0.25, 0.3) is 10.6 Å². The molecular weight excluding hydrogens is 258 g/mol. The van der Waals surface area contributed by atoms with Crippen LogP contribution >= 0.6 is 11.3 Å². The molecule has 1 amide bonds. The van der Waals surface area contributed by atoms with Crippen molar-refractivity contribution in [1.29, 1.82) is 0 Å². The van der Waals surface area contributed by atoms with Crippen LogP contribution in [-0.2, 0) is 11.2 Å². The standard InChI is InChI=1S/C14H17N3OS/c1-10(18)16-12-6-4-11(5-7-12)14-17-13(9-19-14)3-2-8-15/h4-7,9H,2-3,8,15H2,1H3,(H,16,18). The summed E-state index contributed by atoms with van der Waals surface area (Å²) in [5.41, 5.74) is 8.46. The van der Waals surface area contributed by atoms with E-state index in [4.69, 9.17) is 5.73 Å². The molecule has 4 nitrogen and oxygen atoms in total. The molecule has 1 heterocycles. The number of aromatic nitrogens is 1. The van der Waals surface area contributed by atoms with Crippen LogP contribution in [0.4, 0.5) is 5.69 Å². The number of hydrogen-bond donors (Lipinski definition) is 2. The minimum absolute atomic E-state index is 0.0638. The molecule has 0 bridgehead atoms. The van der Waals surface area contributed by atoms with Crippen molar-refractivity contribution in [2.45, 2.75) is 19.8 Å². The van der Waals surface area contributed by atoms with Gasteiger partial charge in [-0.3, -0.25) is 4.79 Å². The number of rotatable bonds is 5. The van der Waals surface area contributed by atoms with E-state index in [0.717, 1.165) is 34.8 Å². The monoisotopic (exact) mass is 275 g/mol. The quantitative estimate of drug-likeness (QED) is 0.881. The second kappa shape index (κ2) is 6.45. The van der Waals surface area contributed by atoms with Gasteiger partial charge < -0.3 is 11.1 Å². The van der Waals surface area contributed by atoms with E-state index in [0.29, 0.717) is 6.54 Å². The molecule has 1 aromatic carbocycles. The Morgan fingerprint density at radius 3 is 2.74 bits per heavy atom. The highest BCUT2D eigenvalue weighted by Crippen LogP contribution is 2.25. The SMILES string of the molecule is CC(=O)Nc1ccc(-c2nc(CCCN)cs2)cc1. The highest BCUT2D eigenvalue weighted by Gasteiger charge is 2.05. The van der Waals surface area contributed by atoms with E-state index in [2.05, 4.69) is 15.7 Å². The van der Waals surface area contributed by atoms with Gasteiger partial charge in [0.2, 0.25) is 5.91 Å². The Kier molecular flexibility index (Phi) is 4.65. The van der Waals surface area contributed by atoms with Crippen molar-refractivity contribution >= 4 is 22.9 Å². The number of benzene rings is 1. The molecule has 0 aliphatic heterocycles. The Hall–Kier alpha value is -1.72. The minimum atomic E-state index is -0.0638. The maximum absolute atomic E-state index is 10.9. The third-order valence-corrected chi connectivity index (χ3v) is 3.58. The van der Waals surface area contributed by atoms with Gasteiger partial charge in [-0.15, -0.1) is 11.3 Å². The molecule has 0 fully saturated rings. The van der Waals surface area contributed by atoms with Gasteiger partial charge in [-0.2, -0.15) is 0 Å². The molecule has 0 aliphatic rings. The fourth-order valence-electron chi connectivity index (χ4n) is 1.74. The van der Waals surface area contributed by atoms with Crippen molar-refractivity contribution in [1.82, 2.24) is 4.98 Å². The maximum Gasteiger partial charge on any atom is 0.221 e. The summed E-state index contributed by atoms with van der Waals surface area (Å²) in [4.78, 5) is 15.5. The van der Waals surface area contributed by atoms with Gasteiger partial charge in [0.15, 0.2) is 0 Å². The molecule has 100 valence electrons. The molecule has 0 radical (unpaired) electrons. The fourth-order valence-corrected chi connectivity index (χ4v) is 2.60. The average Bonchev–Trinajstić information content (AvgIpc) is 2.85. The van der Waals surface area contributed by atoms with Gasteiger partial charge in [0.1, 0.15) is 5.01 Å². The molecule has 2 aromatic rings. The first-order chi connectivity index (χ1) is 9.19. The summed E-state index contributed by atoms with van der Waals surface area (Å²) in [6.45, 7) is 2.19. The Bertz CT molecular complexity index is 548. The van der Waals surface area contributed by atoms with Crippen LogP contribution in [-0.4, -0.2) is 17.4 Å². The highest BCUT2D eigenvalue weighted by atomic mass is 32.1. The molecule has 0 spiro atoms. The fraction of sp³-hybridized carbons (Fsp3) is 0.286. The highest BCUT2D eigenvalue weighted by molar-refractivity contribution is 7.13. The number of nitrogens with zero attached hydrogens (tertiary/aromatic N) is 1. The molecule has 3 N–H and O–H groups in total. The summed E-state index contributed by atoms with van der Waals surface area (Å²) in [7, 11) is 0. The van der Waals surface area contributed by atoms with Gasteiger partial charge in [0.05, 0.1) is 5.69 Å². The summed E-state index contributed by atoms with van der Waals surface area (Å²) >= 11 is 1.63. The number of amides is 1.